The number of hydrogen-bond donors (Lipinski definition) is 1. The summed E-state index contributed by atoms with van der Waals surface area (Å²) in [6, 6.07) is 19.9. The van der Waals surface area contributed by atoms with Crippen molar-refractivity contribution in [3.05, 3.63) is 91.3 Å². The number of hydrogen-bond acceptors (Lipinski definition) is 4. The van der Waals surface area contributed by atoms with Crippen LogP contribution >= 0.6 is 43.5 Å². The number of carbonyl (C=O) groups excluding carboxylic acids is 1. The van der Waals surface area contributed by atoms with Gasteiger partial charge in [0.15, 0.2) is 11.5 Å². The minimum Gasteiger partial charge on any atom is -0.490 e. The second-order valence-corrected chi connectivity index (χ2v) is 9.02. The molecule has 3 aromatic rings. The van der Waals surface area contributed by atoms with Crippen molar-refractivity contribution in [2.75, 3.05) is 11.9 Å². The summed E-state index contributed by atoms with van der Waals surface area (Å²) in [6.45, 7) is 2.65. The molecular weight excluding hydrogens is 572 g/mol. The smallest absolute Gasteiger partial charge is 0.266 e. The maximum Gasteiger partial charge on any atom is 0.266 e. The molecule has 0 spiro atoms. The Labute approximate surface area is 214 Å². The van der Waals surface area contributed by atoms with Gasteiger partial charge in [-0.3, -0.25) is 4.79 Å². The summed E-state index contributed by atoms with van der Waals surface area (Å²) < 4.78 is 13.4. The highest BCUT2D eigenvalue weighted by molar-refractivity contribution is 9.10. The van der Waals surface area contributed by atoms with Crippen LogP contribution in [0.15, 0.2) is 75.2 Å². The van der Waals surface area contributed by atoms with Crippen LogP contribution in [0.5, 0.6) is 11.5 Å². The summed E-state index contributed by atoms with van der Waals surface area (Å²) >= 11 is 12.8. The highest BCUT2D eigenvalue weighted by Gasteiger charge is 2.15. The number of benzene rings is 3. The molecule has 0 atom stereocenters. The molecule has 0 fully saturated rings. The van der Waals surface area contributed by atoms with Crippen molar-refractivity contribution in [3.63, 3.8) is 0 Å². The SMILES string of the molecule is CCOc1cc(/C=C(/C#N)C(=O)Nc2ccc(Cl)cc2)cc(Br)c1OCc1ccc(Br)cc1. The number of nitrogens with zero attached hydrogens (tertiary/aromatic N) is 1. The molecule has 0 saturated carbocycles. The third kappa shape index (κ3) is 7.10. The summed E-state index contributed by atoms with van der Waals surface area (Å²) in [7, 11) is 0. The Morgan fingerprint density at radius 1 is 1.09 bits per heavy atom. The van der Waals surface area contributed by atoms with E-state index in [9.17, 15) is 10.1 Å². The molecule has 0 saturated heterocycles. The van der Waals surface area contributed by atoms with E-state index in [1.807, 2.05) is 37.3 Å². The number of rotatable bonds is 8. The largest absolute Gasteiger partial charge is 0.490 e. The number of ether oxygens (including phenoxy) is 2. The Bertz CT molecular complexity index is 1200. The van der Waals surface area contributed by atoms with Crippen LogP contribution in [0.25, 0.3) is 6.08 Å². The third-order valence-corrected chi connectivity index (χ3v) is 5.78. The molecule has 5 nitrogen and oxygen atoms in total. The van der Waals surface area contributed by atoms with Crippen molar-refractivity contribution in [2.24, 2.45) is 0 Å². The fraction of sp³-hybridized carbons (Fsp3) is 0.120. The summed E-state index contributed by atoms with van der Waals surface area (Å²) in [4.78, 5) is 12.6. The molecule has 0 unspecified atom stereocenters. The van der Waals surface area contributed by atoms with Crippen molar-refractivity contribution in [1.29, 1.82) is 5.26 Å². The molecule has 1 N–H and O–H groups in total. The Balaban J connectivity index is 1.83. The number of carbonyl (C=O) groups is 1. The van der Waals surface area contributed by atoms with Gasteiger partial charge in [0.2, 0.25) is 0 Å². The lowest BCUT2D eigenvalue weighted by Crippen LogP contribution is -2.13. The van der Waals surface area contributed by atoms with E-state index in [1.165, 1.54) is 6.08 Å². The number of nitriles is 1. The van der Waals surface area contributed by atoms with Crippen molar-refractivity contribution < 1.29 is 14.3 Å². The van der Waals surface area contributed by atoms with Gasteiger partial charge in [0.1, 0.15) is 18.2 Å². The molecule has 0 aliphatic rings. The van der Waals surface area contributed by atoms with Gasteiger partial charge < -0.3 is 14.8 Å². The zero-order valence-corrected chi connectivity index (χ0v) is 21.5. The molecule has 0 bridgehead atoms. The van der Waals surface area contributed by atoms with Crippen molar-refractivity contribution in [1.82, 2.24) is 0 Å². The third-order valence-electron chi connectivity index (χ3n) is 4.41. The molecule has 168 valence electrons. The molecular formula is C25H19Br2ClN2O3. The highest BCUT2D eigenvalue weighted by Crippen LogP contribution is 2.38. The number of halogens is 3. The van der Waals surface area contributed by atoms with E-state index in [-0.39, 0.29) is 5.57 Å². The average molecular weight is 591 g/mol. The first-order chi connectivity index (χ1) is 15.9. The molecule has 0 radical (unpaired) electrons. The van der Waals surface area contributed by atoms with Gasteiger partial charge in [-0.05, 0) is 88.6 Å². The summed E-state index contributed by atoms with van der Waals surface area (Å²) in [5.41, 5.74) is 2.10. The van der Waals surface area contributed by atoms with Crippen LogP contribution in [0.3, 0.4) is 0 Å². The van der Waals surface area contributed by atoms with Crippen molar-refractivity contribution in [3.8, 4) is 17.6 Å². The van der Waals surface area contributed by atoms with E-state index < -0.39 is 5.91 Å². The fourth-order valence-electron chi connectivity index (χ4n) is 2.86. The molecule has 1 amide bonds. The second kappa shape index (κ2) is 11.9. The van der Waals surface area contributed by atoms with Crippen LogP contribution in [0, 0.1) is 11.3 Å². The quantitative estimate of drug-likeness (QED) is 0.219. The number of nitrogens with one attached hydrogen (secondary N) is 1. The summed E-state index contributed by atoms with van der Waals surface area (Å²) in [6.07, 6.45) is 1.50. The zero-order chi connectivity index (χ0) is 23.8. The minimum absolute atomic E-state index is 0.0529. The van der Waals surface area contributed by atoms with Crippen LogP contribution in [-0.2, 0) is 11.4 Å². The van der Waals surface area contributed by atoms with Gasteiger partial charge in [-0.15, -0.1) is 0 Å². The summed E-state index contributed by atoms with van der Waals surface area (Å²) in [5, 5.41) is 12.8. The van der Waals surface area contributed by atoms with Crippen LogP contribution in [0.4, 0.5) is 5.69 Å². The first-order valence-corrected chi connectivity index (χ1v) is 11.9. The molecule has 8 heteroatoms. The van der Waals surface area contributed by atoms with E-state index in [1.54, 1.807) is 36.4 Å². The lowest BCUT2D eigenvalue weighted by molar-refractivity contribution is -0.112. The molecule has 3 aromatic carbocycles. The van der Waals surface area contributed by atoms with E-state index in [0.717, 1.165) is 10.0 Å². The van der Waals surface area contributed by atoms with Gasteiger partial charge in [-0.25, -0.2) is 0 Å². The zero-order valence-electron chi connectivity index (χ0n) is 17.6. The second-order valence-electron chi connectivity index (χ2n) is 6.81. The molecule has 3 rings (SSSR count). The van der Waals surface area contributed by atoms with E-state index in [0.29, 0.717) is 45.5 Å². The van der Waals surface area contributed by atoms with Gasteiger partial charge in [-0.1, -0.05) is 39.7 Å². The van der Waals surface area contributed by atoms with Crippen molar-refractivity contribution in [2.45, 2.75) is 13.5 Å². The predicted molar refractivity (Wildman–Crippen MR) is 137 cm³/mol. The summed E-state index contributed by atoms with van der Waals surface area (Å²) in [5.74, 6) is 0.524. The molecule has 0 aliphatic carbocycles. The van der Waals surface area contributed by atoms with Crippen LogP contribution in [-0.4, -0.2) is 12.5 Å². The normalized spacial score (nSPS) is 10.9. The van der Waals surface area contributed by atoms with Gasteiger partial charge in [0.25, 0.3) is 5.91 Å². The van der Waals surface area contributed by atoms with Gasteiger partial charge in [0.05, 0.1) is 11.1 Å². The Morgan fingerprint density at radius 3 is 2.42 bits per heavy atom. The predicted octanol–water partition coefficient (Wildman–Crippen LogP) is 7.39. The Kier molecular flexibility index (Phi) is 8.95. The lowest BCUT2D eigenvalue weighted by atomic mass is 10.1. The van der Waals surface area contributed by atoms with Crippen LogP contribution in [0.2, 0.25) is 5.02 Å². The van der Waals surface area contributed by atoms with Gasteiger partial charge in [0, 0.05) is 15.2 Å². The first-order valence-electron chi connectivity index (χ1n) is 9.92. The minimum atomic E-state index is -0.524. The van der Waals surface area contributed by atoms with Crippen molar-refractivity contribution >= 4 is 61.1 Å². The molecule has 0 aromatic heterocycles. The maximum absolute atomic E-state index is 12.6. The molecule has 33 heavy (non-hydrogen) atoms. The topological polar surface area (TPSA) is 71.3 Å². The number of anilines is 1. The standard InChI is InChI=1S/C25H19Br2ClN2O3/c1-2-32-23-13-17(11-18(14-29)25(31)30-21-9-7-20(28)8-10-21)12-22(27)24(23)33-15-16-3-5-19(26)6-4-16/h3-13H,2,15H2,1H3,(H,30,31)/b18-11-. The van der Waals surface area contributed by atoms with E-state index in [4.69, 9.17) is 21.1 Å². The Morgan fingerprint density at radius 2 is 1.79 bits per heavy atom. The van der Waals surface area contributed by atoms with Crippen LogP contribution < -0.4 is 14.8 Å². The highest BCUT2D eigenvalue weighted by atomic mass is 79.9. The molecule has 0 heterocycles. The lowest BCUT2D eigenvalue weighted by Gasteiger charge is -2.15. The molecule has 0 aliphatic heterocycles. The van der Waals surface area contributed by atoms with Gasteiger partial charge >= 0.3 is 0 Å². The Hall–Kier alpha value is -2.79. The monoisotopic (exact) mass is 588 g/mol. The fourth-order valence-corrected chi connectivity index (χ4v) is 3.82. The van der Waals surface area contributed by atoms with Crippen LogP contribution in [0.1, 0.15) is 18.1 Å². The first kappa shape index (κ1) is 24.8. The average Bonchev–Trinajstić information content (AvgIpc) is 2.79. The maximum atomic E-state index is 12.6. The number of amides is 1. The van der Waals surface area contributed by atoms with Gasteiger partial charge in [-0.2, -0.15) is 5.26 Å². The van der Waals surface area contributed by atoms with E-state index >= 15 is 0 Å². The van der Waals surface area contributed by atoms with E-state index in [2.05, 4.69) is 37.2 Å².